The van der Waals surface area contributed by atoms with Gasteiger partial charge in [-0.3, -0.25) is 4.90 Å². The van der Waals surface area contributed by atoms with E-state index >= 15 is 0 Å². The molecule has 1 saturated carbocycles. The highest BCUT2D eigenvalue weighted by Crippen LogP contribution is 2.44. The van der Waals surface area contributed by atoms with Crippen LogP contribution in [0.2, 0.25) is 0 Å². The summed E-state index contributed by atoms with van der Waals surface area (Å²) >= 11 is 0. The van der Waals surface area contributed by atoms with Crippen molar-refractivity contribution < 1.29 is 0 Å². The first kappa shape index (κ1) is 12.9. The molecule has 0 spiro atoms. The number of nitrogens with zero attached hydrogens (tertiary/aromatic N) is 1. The van der Waals surface area contributed by atoms with E-state index in [4.69, 9.17) is 0 Å². The van der Waals surface area contributed by atoms with Crippen LogP contribution in [-0.4, -0.2) is 36.1 Å². The van der Waals surface area contributed by atoms with Crippen LogP contribution in [0.5, 0.6) is 0 Å². The highest BCUT2D eigenvalue weighted by Gasteiger charge is 2.51. The molecule has 3 fully saturated rings. The van der Waals surface area contributed by atoms with Crippen molar-refractivity contribution in [3.05, 3.63) is 0 Å². The zero-order valence-corrected chi connectivity index (χ0v) is 12.4. The average Bonchev–Trinajstić information content (AvgIpc) is 2.92. The van der Waals surface area contributed by atoms with Crippen molar-refractivity contribution in [1.29, 1.82) is 0 Å². The maximum Gasteiger partial charge on any atom is 0.0200 e. The summed E-state index contributed by atoms with van der Waals surface area (Å²) in [5.74, 6) is 2.83. The molecular weight excluding hydrogens is 220 g/mol. The predicted octanol–water partition coefficient (Wildman–Crippen LogP) is 2.89. The van der Waals surface area contributed by atoms with Crippen molar-refractivity contribution in [3.63, 3.8) is 0 Å². The molecule has 2 atom stereocenters. The fraction of sp³-hybridized carbons (Fsp3) is 1.00. The summed E-state index contributed by atoms with van der Waals surface area (Å²) in [6.45, 7) is 11.2. The van der Waals surface area contributed by atoms with Gasteiger partial charge in [0.05, 0.1) is 0 Å². The number of nitrogens with one attached hydrogen (secondary N) is 1. The standard InChI is InChI=1S/C16H30N2/c1-4-12-5-7-14(8-6-12)18-11-13-9-17-10-15(13)16(18,2)3/h12-15,17H,4-11H2,1-3H3. The topological polar surface area (TPSA) is 15.3 Å². The van der Waals surface area contributed by atoms with Crippen LogP contribution in [0.25, 0.3) is 0 Å². The number of rotatable bonds is 2. The van der Waals surface area contributed by atoms with Gasteiger partial charge < -0.3 is 5.32 Å². The van der Waals surface area contributed by atoms with E-state index in [1.54, 1.807) is 0 Å². The maximum atomic E-state index is 3.59. The summed E-state index contributed by atoms with van der Waals surface area (Å²) in [5, 5.41) is 3.59. The van der Waals surface area contributed by atoms with Gasteiger partial charge in [-0.15, -0.1) is 0 Å². The van der Waals surface area contributed by atoms with Crippen molar-refractivity contribution in [1.82, 2.24) is 10.2 Å². The van der Waals surface area contributed by atoms with Gasteiger partial charge in [-0.1, -0.05) is 13.3 Å². The Labute approximate surface area is 113 Å². The van der Waals surface area contributed by atoms with E-state index in [-0.39, 0.29) is 0 Å². The Morgan fingerprint density at radius 1 is 1.11 bits per heavy atom. The van der Waals surface area contributed by atoms with Crippen molar-refractivity contribution in [3.8, 4) is 0 Å². The van der Waals surface area contributed by atoms with E-state index in [0.717, 1.165) is 23.8 Å². The summed E-state index contributed by atoms with van der Waals surface area (Å²) < 4.78 is 0. The van der Waals surface area contributed by atoms with Crippen LogP contribution < -0.4 is 5.32 Å². The first-order valence-electron chi connectivity index (χ1n) is 8.10. The second-order valence-electron chi connectivity index (χ2n) is 7.41. The van der Waals surface area contributed by atoms with E-state index in [1.165, 1.54) is 51.7 Å². The molecule has 1 aliphatic carbocycles. The largest absolute Gasteiger partial charge is 0.316 e. The van der Waals surface area contributed by atoms with Crippen LogP contribution in [-0.2, 0) is 0 Å². The van der Waals surface area contributed by atoms with Gasteiger partial charge in [0.2, 0.25) is 0 Å². The Bertz CT molecular complexity index is 291. The SMILES string of the molecule is CCC1CCC(N2CC3CNCC3C2(C)C)CC1. The van der Waals surface area contributed by atoms with Crippen LogP contribution in [0, 0.1) is 17.8 Å². The quantitative estimate of drug-likeness (QED) is 0.811. The minimum absolute atomic E-state index is 0.428. The number of likely N-dealkylation sites (tertiary alicyclic amines) is 1. The first-order chi connectivity index (χ1) is 8.63. The molecule has 3 aliphatic rings. The highest BCUT2D eigenvalue weighted by atomic mass is 15.3. The summed E-state index contributed by atoms with van der Waals surface area (Å²) in [4.78, 5) is 2.88. The lowest BCUT2D eigenvalue weighted by Gasteiger charge is -2.43. The molecule has 3 rings (SSSR count). The molecule has 0 bridgehead atoms. The monoisotopic (exact) mass is 250 g/mol. The summed E-state index contributed by atoms with van der Waals surface area (Å²) in [7, 11) is 0. The predicted molar refractivity (Wildman–Crippen MR) is 76.7 cm³/mol. The second kappa shape index (κ2) is 4.79. The van der Waals surface area contributed by atoms with Crippen LogP contribution >= 0.6 is 0 Å². The molecule has 0 aromatic carbocycles. The van der Waals surface area contributed by atoms with Gasteiger partial charge in [0, 0.05) is 24.7 Å². The fourth-order valence-corrected chi connectivity index (χ4v) is 4.94. The summed E-state index contributed by atoms with van der Waals surface area (Å²) in [6.07, 6.45) is 7.25. The van der Waals surface area contributed by atoms with E-state index in [9.17, 15) is 0 Å². The molecule has 0 aromatic heterocycles. The van der Waals surface area contributed by atoms with Crippen LogP contribution in [0.1, 0.15) is 52.9 Å². The third kappa shape index (κ3) is 2.02. The van der Waals surface area contributed by atoms with Crippen molar-refractivity contribution >= 4 is 0 Å². The van der Waals surface area contributed by atoms with E-state index < -0.39 is 0 Å². The molecule has 0 amide bonds. The van der Waals surface area contributed by atoms with E-state index in [2.05, 4.69) is 31.0 Å². The Morgan fingerprint density at radius 3 is 2.44 bits per heavy atom. The summed E-state index contributed by atoms with van der Waals surface area (Å²) in [5.41, 5.74) is 0.428. The van der Waals surface area contributed by atoms with Crippen molar-refractivity contribution in [2.45, 2.75) is 64.5 Å². The third-order valence-corrected chi connectivity index (χ3v) is 6.25. The number of fused-ring (bicyclic) bond motifs is 1. The summed E-state index contributed by atoms with van der Waals surface area (Å²) in [6, 6.07) is 0.883. The smallest absolute Gasteiger partial charge is 0.0200 e. The van der Waals surface area contributed by atoms with Gasteiger partial charge >= 0.3 is 0 Å². The number of hydrogen-bond acceptors (Lipinski definition) is 2. The molecule has 104 valence electrons. The molecular formula is C16H30N2. The minimum Gasteiger partial charge on any atom is -0.316 e. The molecule has 0 radical (unpaired) electrons. The van der Waals surface area contributed by atoms with Gasteiger partial charge in [0.15, 0.2) is 0 Å². The van der Waals surface area contributed by atoms with Crippen molar-refractivity contribution in [2.75, 3.05) is 19.6 Å². The van der Waals surface area contributed by atoms with Gasteiger partial charge in [0.1, 0.15) is 0 Å². The molecule has 1 N–H and O–H groups in total. The van der Waals surface area contributed by atoms with Crippen LogP contribution in [0.4, 0.5) is 0 Å². The molecule has 18 heavy (non-hydrogen) atoms. The Morgan fingerprint density at radius 2 is 1.83 bits per heavy atom. The van der Waals surface area contributed by atoms with E-state index in [1.807, 2.05) is 0 Å². The molecule has 2 saturated heterocycles. The number of hydrogen-bond donors (Lipinski definition) is 1. The third-order valence-electron chi connectivity index (χ3n) is 6.25. The molecule has 2 heteroatoms. The molecule has 2 aliphatic heterocycles. The lowest BCUT2D eigenvalue weighted by Crippen LogP contribution is -2.50. The lowest BCUT2D eigenvalue weighted by atomic mass is 9.81. The van der Waals surface area contributed by atoms with Gasteiger partial charge in [-0.25, -0.2) is 0 Å². The van der Waals surface area contributed by atoms with Gasteiger partial charge in [-0.2, -0.15) is 0 Å². The normalized spacial score (nSPS) is 44.2. The van der Waals surface area contributed by atoms with Crippen molar-refractivity contribution in [2.24, 2.45) is 17.8 Å². The first-order valence-corrected chi connectivity index (χ1v) is 8.10. The zero-order valence-electron chi connectivity index (χ0n) is 12.4. The van der Waals surface area contributed by atoms with Gasteiger partial charge in [-0.05, 0) is 63.8 Å². The van der Waals surface area contributed by atoms with Crippen LogP contribution in [0.15, 0.2) is 0 Å². The Kier molecular flexibility index (Phi) is 3.44. The Hall–Kier alpha value is -0.0800. The van der Waals surface area contributed by atoms with Crippen LogP contribution in [0.3, 0.4) is 0 Å². The fourth-order valence-electron chi connectivity index (χ4n) is 4.94. The Balaban J connectivity index is 1.66. The maximum absolute atomic E-state index is 3.59. The second-order valence-corrected chi connectivity index (χ2v) is 7.41. The minimum atomic E-state index is 0.428. The molecule has 2 nitrogen and oxygen atoms in total. The zero-order chi connectivity index (χ0) is 12.8. The van der Waals surface area contributed by atoms with Gasteiger partial charge in [0.25, 0.3) is 0 Å². The molecule has 0 aromatic rings. The highest BCUT2D eigenvalue weighted by molar-refractivity contribution is 5.06. The van der Waals surface area contributed by atoms with E-state index in [0.29, 0.717) is 5.54 Å². The molecule has 2 unspecified atom stereocenters. The lowest BCUT2D eigenvalue weighted by molar-refractivity contribution is 0.0581. The molecule has 2 heterocycles. The average molecular weight is 250 g/mol.